The van der Waals surface area contributed by atoms with E-state index in [0.29, 0.717) is 0 Å². The molecule has 9 heavy (non-hydrogen) atoms. The normalized spacial score (nSPS) is 9.67. The molecule has 0 bridgehead atoms. The van der Waals surface area contributed by atoms with Crippen molar-refractivity contribution in [2.45, 2.75) is 0 Å². The summed E-state index contributed by atoms with van der Waals surface area (Å²) >= 11 is 0. The van der Waals surface area contributed by atoms with Crippen molar-refractivity contribution in [3.63, 3.8) is 0 Å². The maximum absolute atomic E-state index is 8.12. The first kappa shape index (κ1) is 5.64. The van der Waals surface area contributed by atoms with Crippen molar-refractivity contribution in [3.05, 3.63) is 30.1 Å². The molecule has 0 saturated heterocycles. The molecule has 0 unspecified atom stereocenters. The number of nitrogens with zero attached hydrogens (tertiary/aromatic N) is 1. The van der Waals surface area contributed by atoms with Gasteiger partial charge in [-0.15, -0.1) is 0 Å². The number of allylic oxidation sites excluding steroid dienone is 1. The number of aromatic nitrogens is 1. The summed E-state index contributed by atoms with van der Waals surface area (Å²) in [5, 5.41) is 8.12. The highest BCUT2D eigenvalue weighted by Gasteiger charge is 1.80. The molecule has 1 aromatic rings. The van der Waals surface area contributed by atoms with Gasteiger partial charge in [-0.05, 0) is 17.7 Å². The Hall–Kier alpha value is -1.49. The average molecular weight is 118 g/mol. The fraction of sp³-hybridized carbons (Fsp3) is 0. The molecule has 0 aliphatic heterocycles. The maximum Gasteiger partial charge on any atom is 0.0912 e. The fourth-order valence-electron chi connectivity index (χ4n) is 0.574. The van der Waals surface area contributed by atoms with Gasteiger partial charge in [-0.25, -0.2) is 0 Å². The van der Waals surface area contributed by atoms with Gasteiger partial charge < -0.3 is 4.98 Å². The zero-order valence-corrected chi connectivity index (χ0v) is 4.83. The van der Waals surface area contributed by atoms with Crippen LogP contribution in [0.5, 0.6) is 0 Å². The minimum absolute atomic E-state index is 1.02. The van der Waals surface area contributed by atoms with Gasteiger partial charge >= 0.3 is 0 Å². The smallest absolute Gasteiger partial charge is 0.0912 e. The largest absolute Gasteiger partial charge is 0.367 e. The highest BCUT2D eigenvalue weighted by molar-refractivity contribution is 5.50. The van der Waals surface area contributed by atoms with Crippen LogP contribution in [0.15, 0.2) is 24.5 Å². The number of nitrogens with one attached hydrogen (secondary N) is 1. The lowest BCUT2D eigenvalue weighted by Crippen LogP contribution is -1.57. The third-order valence-corrected chi connectivity index (χ3v) is 0.972. The second-order valence-corrected chi connectivity index (χ2v) is 1.61. The molecular formula is C7H6N2. The zero-order chi connectivity index (χ0) is 6.53. The van der Waals surface area contributed by atoms with Crippen LogP contribution >= 0.6 is 0 Å². The molecule has 0 amide bonds. The van der Waals surface area contributed by atoms with Crippen LogP contribution in [0.25, 0.3) is 6.08 Å². The average Bonchev–Trinajstić information content (AvgIpc) is 2.34. The van der Waals surface area contributed by atoms with Crippen molar-refractivity contribution < 1.29 is 0 Å². The van der Waals surface area contributed by atoms with Crippen LogP contribution in [-0.2, 0) is 0 Å². The van der Waals surface area contributed by atoms with E-state index in [2.05, 4.69) is 4.98 Å². The maximum atomic E-state index is 8.12. The Morgan fingerprint density at radius 3 is 3.11 bits per heavy atom. The summed E-state index contributed by atoms with van der Waals surface area (Å²) < 4.78 is 0. The molecule has 1 rings (SSSR count). The van der Waals surface area contributed by atoms with Gasteiger partial charge in [0, 0.05) is 18.5 Å². The van der Waals surface area contributed by atoms with Gasteiger partial charge in [-0.1, -0.05) is 0 Å². The van der Waals surface area contributed by atoms with E-state index in [1.54, 1.807) is 6.08 Å². The van der Waals surface area contributed by atoms with Crippen molar-refractivity contribution in [3.8, 4) is 6.07 Å². The highest BCUT2D eigenvalue weighted by Crippen LogP contribution is 1.97. The lowest BCUT2D eigenvalue weighted by atomic mass is 10.3. The molecular weight excluding hydrogens is 112 g/mol. The molecule has 0 radical (unpaired) electrons. The van der Waals surface area contributed by atoms with E-state index in [1.165, 1.54) is 6.08 Å². The van der Waals surface area contributed by atoms with E-state index in [1.807, 2.05) is 24.5 Å². The van der Waals surface area contributed by atoms with Crippen LogP contribution < -0.4 is 0 Å². The Balaban J connectivity index is 2.71. The molecule has 2 heteroatoms. The molecule has 1 aromatic heterocycles. The first-order valence-corrected chi connectivity index (χ1v) is 2.62. The molecule has 1 N–H and O–H groups in total. The molecule has 44 valence electrons. The monoisotopic (exact) mass is 118 g/mol. The summed E-state index contributed by atoms with van der Waals surface area (Å²) in [6, 6.07) is 3.81. The Morgan fingerprint density at radius 2 is 2.56 bits per heavy atom. The molecule has 1 heterocycles. The second kappa shape index (κ2) is 2.73. The van der Waals surface area contributed by atoms with Crippen LogP contribution in [0.4, 0.5) is 0 Å². The summed E-state index contributed by atoms with van der Waals surface area (Å²) in [4.78, 5) is 2.88. The number of hydrogen-bond donors (Lipinski definition) is 1. The molecule has 2 nitrogen and oxygen atoms in total. The predicted molar refractivity (Wildman–Crippen MR) is 35.4 cm³/mol. The first-order valence-electron chi connectivity index (χ1n) is 2.62. The van der Waals surface area contributed by atoms with E-state index in [0.717, 1.165) is 5.56 Å². The van der Waals surface area contributed by atoms with Crippen molar-refractivity contribution in [1.82, 2.24) is 4.98 Å². The number of nitriles is 1. The van der Waals surface area contributed by atoms with Gasteiger partial charge in [0.05, 0.1) is 6.07 Å². The lowest BCUT2D eigenvalue weighted by Gasteiger charge is -1.74. The molecule has 0 atom stereocenters. The summed E-state index contributed by atoms with van der Waals surface area (Å²) in [7, 11) is 0. The lowest BCUT2D eigenvalue weighted by molar-refractivity contribution is 1.41. The Bertz CT molecular complexity index is 226. The number of aromatic amines is 1. The molecule has 0 aromatic carbocycles. The Morgan fingerprint density at radius 1 is 1.67 bits per heavy atom. The molecule has 0 aliphatic carbocycles. The number of H-pyrrole nitrogens is 1. The van der Waals surface area contributed by atoms with E-state index in [9.17, 15) is 0 Å². The van der Waals surface area contributed by atoms with E-state index < -0.39 is 0 Å². The van der Waals surface area contributed by atoms with Crippen LogP contribution in [-0.4, -0.2) is 4.98 Å². The molecule has 0 aliphatic rings. The van der Waals surface area contributed by atoms with Gasteiger partial charge in [0.1, 0.15) is 0 Å². The minimum atomic E-state index is 1.02. The highest BCUT2D eigenvalue weighted by atomic mass is 14.6. The van der Waals surface area contributed by atoms with Crippen molar-refractivity contribution in [1.29, 1.82) is 5.26 Å². The summed E-state index contributed by atoms with van der Waals surface area (Å²) in [6.07, 6.45) is 6.84. The Kier molecular flexibility index (Phi) is 1.71. The van der Waals surface area contributed by atoms with Crippen LogP contribution in [0, 0.1) is 11.3 Å². The van der Waals surface area contributed by atoms with Gasteiger partial charge in [0.15, 0.2) is 0 Å². The van der Waals surface area contributed by atoms with Gasteiger partial charge in [-0.3, -0.25) is 0 Å². The van der Waals surface area contributed by atoms with Gasteiger partial charge in [0.25, 0.3) is 0 Å². The summed E-state index contributed by atoms with van der Waals surface area (Å²) in [5.74, 6) is 0. The topological polar surface area (TPSA) is 39.6 Å². The van der Waals surface area contributed by atoms with Gasteiger partial charge in [-0.2, -0.15) is 5.26 Å². The predicted octanol–water partition coefficient (Wildman–Crippen LogP) is 1.55. The van der Waals surface area contributed by atoms with Crippen molar-refractivity contribution >= 4 is 6.08 Å². The SMILES string of the molecule is N#CC=Cc1cc[nH]c1. The quantitative estimate of drug-likeness (QED) is 0.558. The summed E-state index contributed by atoms with van der Waals surface area (Å²) in [5.41, 5.74) is 1.02. The number of rotatable bonds is 1. The molecule has 0 saturated carbocycles. The number of hydrogen-bond acceptors (Lipinski definition) is 1. The van der Waals surface area contributed by atoms with Crippen LogP contribution in [0.1, 0.15) is 5.56 Å². The molecule has 0 fully saturated rings. The first-order chi connectivity index (χ1) is 4.43. The molecule has 0 spiro atoms. The van der Waals surface area contributed by atoms with E-state index in [4.69, 9.17) is 5.26 Å². The van der Waals surface area contributed by atoms with Crippen LogP contribution in [0.2, 0.25) is 0 Å². The zero-order valence-electron chi connectivity index (χ0n) is 4.83. The second-order valence-electron chi connectivity index (χ2n) is 1.61. The van der Waals surface area contributed by atoms with Crippen molar-refractivity contribution in [2.75, 3.05) is 0 Å². The van der Waals surface area contributed by atoms with Gasteiger partial charge in [0.2, 0.25) is 0 Å². The Labute approximate surface area is 53.4 Å². The summed E-state index contributed by atoms with van der Waals surface area (Å²) in [6.45, 7) is 0. The van der Waals surface area contributed by atoms with Crippen molar-refractivity contribution in [2.24, 2.45) is 0 Å². The third kappa shape index (κ3) is 1.46. The third-order valence-electron chi connectivity index (χ3n) is 0.972. The fourth-order valence-corrected chi connectivity index (χ4v) is 0.574. The van der Waals surface area contributed by atoms with E-state index in [-0.39, 0.29) is 0 Å². The van der Waals surface area contributed by atoms with Crippen LogP contribution in [0.3, 0.4) is 0 Å². The van der Waals surface area contributed by atoms with E-state index >= 15 is 0 Å². The minimum Gasteiger partial charge on any atom is -0.367 e. The standard InChI is InChI=1S/C7H6N2/c8-4-1-2-7-3-5-9-6-7/h1-3,5-6,9H.